The van der Waals surface area contributed by atoms with Crippen LogP contribution in [0.4, 0.5) is 11.6 Å². The van der Waals surface area contributed by atoms with Gasteiger partial charge in [0, 0.05) is 25.8 Å². The van der Waals surface area contributed by atoms with E-state index < -0.39 is 24.0 Å². The third-order valence-corrected chi connectivity index (χ3v) is 5.06. The number of aryl methyl sites for hydroxylation is 1. The van der Waals surface area contributed by atoms with Gasteiger partial charge in [0.1, 0.15) is 5.75 Å². The van der Waals surface area contributed by atoms with Crippen molar-refractivity contribution in [3.63, 3.8) is 0 Å². The van der Waals surface area contributed by atoms with Gasteiger partial charge in [-0.3, -0.25) is 13.9 Å². The largest absolute Gasteiger partial charge is 0.494 e. The van der Waals surface area contributed by atoms with Gasteiger partial charge >= 0.3 is 5.69 Å². The second kappa shape index (κ2) is 7.37. The number of nitrogens with zero attached hydrogens (tertiary/aromatic N) is 5. The summed E-state index contributed by atoms with van der Waals surface area (Å²) in [4.78, 5) is 32.1. The zero-order valence-electron chi connectivity index (χ0n) is 16.3. The van der Waals surface area contributed by atoms with Crippen LogP contribution >= 0.6 is 0 Å². The lowest BCUT2D eigenvalue weighted by atomic mass is 10.3. The van der Waals surface area contributed by atoms with Gasteiger partial charge in [-0.05, 0) is 31.2 Å². The molecule has 0 bridgehead atoms. The summed E-state index contributed by atoms with van der Waals surface area (Å²) in [5.41, 5.74) is 0.395. The van der Waals surface area contributed by atoms with E-state index in [1.165, 1.54) is 11.6 Å². The molecule has 0 spiro atoms. The van der Waals surface area contributed by atoms with Crippen molar-refractivity contribution in [2.24, 2.45) is 7.05 Å². The fraction of sp³-hybridized carbons (Fsp3) is 0.421. The Morgan fingerprint density at radius 2 is 1.93 bits per heavy atom. The van der Waals surface area contributed by atoms with Crippen molar-refractivity contribution >= 4 is 22.8 Å². The maximum atomic E-state index is 13.0. The predicted octanol–water partition coefficient (Wildman–Crippen LogP) is -0.200. The number of fused-ring (bicyclic) bond motifs is 3. The summed E-state index contributed by atoms with van der Waals surface area (Å²) >= 11 is 0. The summed E-state index contributed by atoms with van der Waals surface area (Å²) in [5.74, 6) is 1.35. The molecule has 2 N–H and O–H groups in total. The van der Waals surface area contributed by atoms with Gasteiger partial charge in [0.15, 0.2) is 11.2 Å². The standard InChI is InChI=1S/C19H23N5O5/c1-3-29-14-6-4-12(5-7-14)22-8-9-23-15-16(20-18(22)23)21(2)19(28)24(17(15)27)10-13(26)11-25/h4-7,13,25-26H,3,8-11H2,1-2H3/t13-/m1/s1. The minimum Gasteiger partial charge on any atom is -0.494 e. The molecule has 3 heterocycles. The monoisotopic (exact) mass is 401 g/mol. The fourth-order valence-corrected chi connectivity index (χ4v) is 3.64. The molecule has 0 fully saturated rings. The van der Waals surface area contributed by atoms with Gasteiger partial charge in [-0.15, -0.1) is 0 Å². The summed E-state index contributed by atoms with van der Waals surface area (Å²) in [5, 5.41) is 18.8. The summed E-state index contributed by atoms with van der Waals surface area (Å²) < 4.78 is 9.50. The van der Waals surface area contributed by atoms with Gasteiger partial charge in [0.25, 0.3) is 5.56 Å². The number of ether oxygens (including phenoxy) is 1. The molecular weight excluding hydrogens is 378 g/mol. The van der Waals surface area contributed by atoms with Crippen molar-refractivity contribution in [3.8, 4) is 5.75 Å². The van der Waals surface area contributed by atoms with Crippen molar-refractivity contribution < 1.29 is 14.9 Å². The quantitative estimate of drug-likeness (QED) is 0.588. The number of hydrogen-bond acceptors (Lipinski definition) is 7. The maximum absolute atomic E-state index is 13.0. The van der Waals surface area contributed by atoms with E-state index in [0.29, 0.717) is 36.8 Å². The second-order valence-electron chi connectivity index (χ2n) is 6.91. The Morgan fingerprint density at radius 3 is 2.59 bits per heavy atom. The molecule has 29 heavy (non-hydrogen) atoms. The molecule has 10 nitrogen and oxygen atoms in total. The molecule has 0 saturated heterocycles. The van der Waals surface area contributed by atoms with E-state index in [-0.39, 0.29) is 6.54 Å². The van der Waals surface area contributed by atoms with Crippen LogP contribution in [0.1, 0.15) is 6.92 Å². The second-order valence-corrected chi connectivity index (χ2v) is 6.91. The summed E-state index contributed by atoms with van der Waals surface area (Å²) in [7, 11) is 1.54. The van der Waals surface area contributed by atoms with Crippen molar-refractivity contribution in [1.29, 1.82) is 0 Å². The molecule has 0 radical (unpaired) electrons. The number of aliphatic hydroxyl groups is 2. The normalized spacial score (nSPS) is 14.4. The lowest BCUT2D eigenvalue weighted by molar-refractivity contribution is 0.0791. The lowest BCUT2D eigenvalue weighted by Gasteiger charge is -2.16. The maximum Gasteiger partial charge on any atom is 0.332 e. The molecule has 154 valence electrons. The Kier molecular flexibility index (Phi) is 4.89. The molecule has 2 aromatic heterocycles. The Labute approximate surface area is 165 Å². The highest BCUT2D eigenvalue weighted by molar-refractivity contribution is 5.77. The molecule has 1 aliphatic rings. The van der Waals surface area contributed by atoms with E-state index in [0.717, 1.165) is 16.0 Å². The van der Waals surface area contributed by atoms with Gasteiger partial charge in [0.05, 0.1) is 25.9 Å². The third kappa shape index (κ3) is 3.10. The first-order valence-electron chi connectivity index (χ1n) is 9.45. The van der Waals surface area contributed by atoms with E-state index in [9.17, 15) is 14.7 Å². The predicted molar refractivity (Wildman–Crippen MR) is 107 cm³/mol. The zero-order chi connectivity index (χ0) is 20.7. The SMILES string of the molecule is CCOc1ccc(N2CCn3c2nc2c3c(=O)n(C[C@@H](O)CO)c(=O)n2C)cc1. The van der Waals surface area contributed by atoms with Crippen LogP contribution in [0.25, 0.3) is 11.2 Å². The summed E-state index contributed by atoms with van der Waals surface area (Å²) in [6.45, 7) is 2.87. The van der Waals surface area contributed by atoms with Crippen LogP contribution in [-0.4, -0.2) is 54.8 Å². The van der Waals surface area contributed by atoms with Gasteiger partial charge in [-0.25, -0.2) is 4.79 Å². The molecule has 4 rings (SSSR count). The van der Waals surface area contributed by atoms with Gasteiger partial charge in [-0.2, -0.15) is 4.98 Å². The van der Waals surface area contributed by atoms with Gasteiger partial charge in [0.2, 0.25) is 5.95 Å². The highest BCUT2D eigenvalue weighted by atomic mass is 16.5. The minimum atomic E-state index is -1.20. The van der Waals surface area contributed by atoms with Crippen LogP contribution < -0.4 is 20.9 Å². The Bertz CT molecular complexity index is 1160. The molecule has 1 aromatic carbocycles. The first kappa shape index (κ1) is 19.2. The molecule has 1 aliphatic heterocycles. The van der Waals surface area contributed by atoms with E-state index >= 15 is 0 Å². The number of aromatic nitrogens is 4. The first-order chi connectivity index (χ1) is 14.0. The van der Waals surface area contributed by atoms with E-state index in [4.69, 9.17) is 9.84 Å². The van der Waals surface area contributed by atoms with Crippen LogP contribution in [0.5, 0.6) is 5.75 Å². The smallest absolute Gasteiger partial charge is 0.332 e. The third-order valence-electron chi connectivity index (χ3n) is 5.06. The number of imidazole rings is 1. The first-order valence-corrected chi connectivity index (χ1v) is 9.45. The van der Waals surface area contributed by atoms with E-state index in [1.807, 2.05) is 36.1 Å². The fourth-order valence-electron chi connectivity index (χ4n) is 3.64. The number of benzene rings is 1. The lowest BCUT2D eigenvalue weighted by Crippen LogP contribution is -2.42. The van der Waals surface area contributed by atoms with Crippen molar-refractivity contribution in [2.45, 2.75) is 26.1 Å². The van der Waals surface area contributed by atoms with E-state index in [2.05, 4.69) is 4.98 Å². The van der Waals surface area contributed by atoms with Crippen molar-refractivity contribution in [2.75, 3.05) is 24.7 Å². The van der Waals surface area contributed by atoms with Crippen LogP contribution in [0.15, 0.2) is 33.9 Å². The van der Waals surface area contributed by atoms with Crippen LogP contribution in [-0.2, 0) is 20.1 Å². The molecule has 3 aromatic rings. The number of hydrogen-bond donors (Lipinski definition) is 2. The summed E-state index contributed by atoms with van der Waals surface area (Å²) in [6, 6.07) is 7.61. The number of rotatable bonds is 6. The van der Waals surface area contributed by atoms with Gasteiger partial charge in [-0.1, -0.05) is 0 Å². The Balaban J connectivity index is 1.82. The number of anilines is 2. The molecule has 0 amide bonds. The Morgan fingerprint density at radius 1 is 1.21 bits per heavy atom. The topological polar surface area (TPSA) is 115 Å². The molecule has 1 atom stereocenters. The average molecular weight is 401 g/mol. The highest BCUT2D eigenvalue weighted by Crippen LogP contribution is 2.32. The Hall–Kier alpha value is -3.11. The zero-order valence-corrected chi connectivity index (χ0v) is 16.3. The van der Waals surface area contributed by atoms with Crippen molar-refractivity contribution in [1.82, 2.24) is 18.7 Å². The van der Waals surface area contributed by atoms with Gasteiger partial charge < -0.3 is 24.4 Å². The molecule has 10 heteroatoms. The van der Waals surface area contributed by atoms with Crippen molar-refractivity contribution in [3.05, 3.63) is 45.1 Å². The van der Waals surface area contributed by atoms with Crippen LogP contribution in [0, 0.1) is 0 Å². The van der Waals surface area contributed by atoms with Crippen LogP contribution in [0.3, 0.4) is 0 Å². The molecule has 0 unspecified atom stereocenters. The average Bonchev–Trinajstić information content (AvgIpc) is 3.29. The summed E-state index contributed by atoms with van der Waals surface area (Å²) in [6.07, 6.45) is -1.20. The molecular formula is C19H23N5O5. The van der Waals surface area contributed by atoms with E-state index in [1.54, 1.807) is 4.57 Å². The minimum absolute atomic E-state index is 0.277. The highest BCUT2D eigenvalue weighted by Gasteiger charge is 2.29. The molecule has 0 saturated carbocycles. The number of aliphatic hydroxyl groups excluding tert-OH is 2. The van der Waals surface area contributed by atoms with Crippen LogP contribution in [0.2, 0.25) is 0 Å². The molecule has 0 aliphatic carbocycles.